The van der Waals surface area contributed by atoms with Gasteiger partial charge in [0, 0.05) is 20.8 Å². The molecule has 0 spiro atoms. The van der Waals surface area contributed by atoms with Crippen LogP contribution in [0.4, 0.5) is 10.1 Å². The third-order valence-electron chi connectivity index (χ3n) is 2.36. The van der Waals surface area contributed by atoms with Crippen molar-refractivity contribution in [2.75, 3.05) is 5.73 Å². The van der Waals surface area contributed by atoms with Crippen molar-refractivity contribution in [3.8, 4) is 0 Å². The van der Waals surface area contributed by atoms with E-state index >= 15 is 0 Å². The van der Waals surface area contributed by atoms with Gasteiger partial charge in [-0.2, -0.15) is 0 Å². The van der Waals surface area contributed by atoms with E-state index in [-0.39, 0.29) is 5.82 Å². The van der Waals surface area contributed by atoms with Gasteiger partial charge in [0.25, 0.3) is 0 Å². The molecule has 17 heavy (non-hydrogen) atoms. The molecular formula is C13H11BrFNS. The van der Waals surface area contributed by atoms with Gasteiger partial charge in [-0.05, 0) is 29.8 Å². The average Bonchev–Trinajstić information content (AvgIpc) is 2.30. The summed E-state index contributed by atoms with van der Waals surface area (Å²) in [6.07, 6.45) is 0. The lowest BCUT2D eigenvalue weighted by Gasteiger charge is -2.08. The summed E-state index contributed by atoms with van der Waals surface area (Å²) in [5, 5.41) is 0. The van der Waals surface area contributed by atoms with Crippen LogP contribution in [0.3, 0.4) is 0 Å². The van der Waals surface area contributed by atoms with Crippen LogP contribution >= 0.6 is 27.7 Å². The van der Waals surface area contributed by atoms with Crippen molar-refractivity contribution in [1.82, 2.24) is 0 Å². The summed E-state index contributed by atoms with van der Waals surface area (Å²) in [5.41, 5.74) is 7.61. The third kappa shape index (κ3) is 3.01. The standard InChI is InChI=1S/C13H11BrFNS/c14-10-4-3-6-12(16)9(10)8-17-13-7-2-1-5-11(13)15/h1-7H,8,16H2. The molecule has 2 aromatic carbocycles. The van der Waals surface area contributed by atoms with Gasteiger partial charge in [0.05, 0.1) is 0 Å². The molecule has 0 saturated heterocycles. The van der Waals surface area contributed by atoms with Gasteiger partial charge in [0.1, 0.15) is 5.82 Å². The van der Waals surface area contributed by atoms with Gasteiger partial charge in [0.15, 0.2) is 0 Å². The molecule has 4 heteroatoms. The van der Waals surface area contributed by atoms with E-state index in [1.807, 2.05) is 24.3 Å². The minimum Gasteiger partial charge on any atom is -0.398 e. The summed E-state index contributed by atoms with van der Waals surface area (Å²) >= 11 is 4.90. The third-order valence-corrected chi connectivity index (χ3v) is 4.18. The van der Waals surface area contributed by atoms with Crippen LogP contribution < -0.4 is 5.73 Å². The fourth-order valence-electron chi connectivity index (χ4n) is 1.44. The lowest BCUT2D eigenvalue weighted by molar-refractivity contribution is 0.602. The lowest BCUT2D eigenvalue weighted by Crippen LogP contribution is -1.93. The molecule has 0 aliphatic carbocycles. The van der Waals surface area contributed by atoms with E-state index < -0.39 is 0 Å². The van der Waals surface area contributed by atoms with Crippen molar-refractivity contribution in [2.24, 2.45) is 0 Å². The predicted octanol–water partition coefficient (Wildman–Crippen LogP) is 4.46. The monoisotopic (exact) mass is 311 g/mol. The Labute approximate surface area is 112 Å². The average molecular weight is 312 g/mol. The quantitative estimate of drug-likeness (QED) is 0.669. The van der Waals surface area contributed by atoms with E-state index in [1.54, 1.807) is 12.1 Å². The van der Waals surface area contributed by atoms with E-state index in [9.17, 15) is 4.39 Å². The molecule has 0 unspecified atom stereocenters. The normalized spacial score (nSPS) is 10.5. The number of thioether (sulfide) groups is 1. The summed E-state index contributed by atoms with van der Waals surface area (Å²) in [4.78, 5) is 0.641. The Hall–Kier alpha value is -1.00. The highest BCUT2D eigenvalue weighted by molar-refractivity contribution is 9.10. The molecule has 0 radical (unpaired) electrons. The molecule has 0 amide bonds. The van der Waals surface area contributed by atoms with Crippen LogP contribution in [-0.4, -0.2) is 0 Å². The second-order valence-electron chi connectivity index (χ2n) is 3.53. The Bertz CT molecular complexity index is 510. The van der Waals surface area contributed by atoms with Gasteiger partial charge < -0.3 is 5.73 Å². The summed E-state index contributed by atoms with van der Waals surface area (Å²) in [6.45, 7) is 0. The van der Waals surface area contributed by atoms with Crippen LogP contribution in [0.1, 0.15) is 5.56 Å². The summed E-state index contributed by atoms with van der Waals surface area (Å²) in [7, 11) is 0. The maximum absolute atomic E-state index is 13.4. The Kier molecular flexibility index (Phi) is 4.07. The van der Waals surface area contributed by atoms with Gasteiger partial charge in [-0.15, -0.1) is 11.8 Å². The van der Waals surface area contributed by atoms with Crippen LogP contribution in [0.2, 0.25) is 0 Å². The number of nitrogen functional groups attached to an aromatic ring is 1. The first-order valence-corrected chi connectivity index (χ1v) is 6.86. The maximum Gasteiger partial charge on any atom is 0.136 e. The van der Waals surface area contributed by atoms with Crippen molar-refractivity contribution in [3.63, 3.8) is 0 Å². The first-order chi connectivity index (χ1) is 8.18. The van der Waals surface area contributed by atoms with E-state index in [1.165, 1.54) is 17.8 Å². The molecule has 88 valence electrons. The first kappa shape index (κ1) is 12.5. The first-order valence-electron chi connectivity index (χ1n) is 5.08. The number of benzene rings is 2. The van der Waals surface area contributed by atoms with Crippen molar-refractivity contribution in [1.29, 1.82) is 0 Å². The zero-order chi connectivity index (χ0) is 12.3. The SMILES string of the molecule is Nc1cccc(Br)c1CSc1ccccc1F. The fourth-order valence-corrected chi connectivity index (χ4v) is 3.15. The van der Waals surface area contributed by atoms with Crippen molar-refractivity contribution in [2.45, 2.75) is 10.6 Å². The Morgan fingerprint density at radius 2 is 1.88 bits per heavy atom. The lowest BCUT2D eigenvalue weighted by atomic mass is 10.2. The van der Waals surface area contributed by atoms with Crippen LogP contribution in [0.5, 0.6) is 0 Å². The highest BCUT2D eigenvalue weighted by Crippen LogP contribution is 2.31. The largest absolute Gasteiger partial charge is 0.398 e. The number of halogens is 2. The topological polar surface area (TPSA) is 26.0 Å². The smallest absolute Gasteiger partial charge is 0.136 e. The van der Waals surface area contributed by atoms with Gasteiger partial charge >= 0.3 is 0 Å². The van der Waals surface area contributed by atoms with Gasteiger partial charge in [-0.25, -0.2) is 4.39 Å². The van der Waals surface area contributed by atoms with Crippen LogP contribution in [-0.2, 0) is 5.75 Å². The van der Waals surface area contributed by atoms with Gasteiger partial charge in [-0.3, -0.25) is 0 Å². The van der Waals surface area contributed by atoms with Crippen molar-refractivity contribution >= 4 is 33.4 Å². The van der Waals surface area contributed by atoms with Crippen LogP contribution in [0.25, 0.3) is 0 Å². The molecule has 0 atom stereocenters. The Morgan fingerprint density at radius 3 is 2.59 bits per heavy atom. The van der Waals surface area contributed by atoms with Crippen LogP contribution in [0, 0.1) is 5.82 Å². The second-order valence-corrected chi connectivity index (χ2v) is 5.40. The predicted molar refractivity (Wildman–Crippen MR) is 74.5 cm³/mol. The highest BCUT2D eigenvalue weighted by atomic mass is 79.9. The molecular weight excluding hydrogens is 301 g/mol. The van der Waals surface area contributed by atoms with Crippen molar-refractivity contribution in [3.05, 3.63) is 58.3 Å². The summed E-state index contributed by atoms with van der Waals surface area (Å²) < 4.78 is 14.4. The summed E-state index contributed by atoms with van der Waals surface area (Å²) in [5.74, 6) is 0.455. The minimum absolute atomic E-state index is 0.192. The number of rotatable bonds is 3. The Morgan fingerprint density at radius 1 is 1.12 bits per heavy atom. The number of hydrogen-bond acceptors (Lipinski definition) is 2. The molecule has 0 aliphatic heterocycles. The van der Waals surface area contributed by atoms with Crippen LogP contribution in [0.15, 0.2) is 51.8 Å². The Balaban J connectivity index is 2.16. The van der Waals surface area contributed by atoms with Gasteiger partial charge in [-0.1, -0.05) is 34.1 Å². The second kappa shape index (κ2) is 5.56. The van der Waals surface area contributed by atoms with E-state index in [4.69, 9.17) is 5.73 Å². The van der Waals surface area contributed by atoms with E-state index in [0.29, 0.717) is 10.6 Å². The molecule has 1 nitrogen and oxygen atoms in total. The summed E-state index contributed by atoms with van der Waals surface area (Å²) in [6, 6.07) is 12.4. The zero-order valence-corrected chi connectivity index (χ0v) is 11.4. The molecule has 0 heterocycles. The highest BCUT2D eigenvalue weighted by Gasteiger charge is 2.07. The maximum atomic E-state index is 13.4. The molecule has 0 saturated carbocycles. The molecule has 2 rings (SSSR count). The fraction of sp³-hybridized carbons (Fsp3) is 0.0769. The minimum atomic E-state index is -0.192. The zero-order valence-electron chi connectivity index (χ0n) is 8.99. The number of anilines is 1. The molecule has 2 aromatic rings. The molecule has 0 bridgehead atoms. The molecule has 0 aliphatic rings. The van der Waals surface area contributed by atoms with Gasteiger partial charge in [0.2, 0.25) is 0 Å². The number of hydrogen-bond donors (Lipinski definition) is 1. The molecule has 0 aromatic heterocycles. The van der Waals surface area contributed by atoms with E-state index in [2.05, 4.69) is 15.9 Å². The molecule has 0 fully saturated rings. The van der Waals surface area contributed by atoms with E-state index in [0.717, 1.165) is 15.7 Å². The molecule has 2 N–H and O–H groups in total. The van der Waals surface area contributed by atoms with Crippen molar-refractivity contribution < 1.29 is 4.39 Å². The number of nitrogens with two attached hydrogens (primary N) is 1.